The highest BCUT2D eigenvalue weighted by atomic mass is 32.2. The summed E-state index contributed by atoms with van der Waals surface area (Å²) in [7, 11) is -13.1. The Kier molecular flexibility index (Phi) is 11.5. The summed E-state index contributed by atoms with van der Waals surface area (Å²) in [6.45, 7) is 0. The van der Waals surface area contributed by atoms with Gasteiger partial charge in [0.1, 0.15) is 14.7 Å². The largest absolute Gasteiger partial charge is 0.358 e. The van der Waals surface area contributed by atoms with Crippen LogP contribution in [-0.4, -0.2) is 42.4 Å². The molecule has 12 nitrogen and oxygen atoms in total. The molecule has 0 spiro atoms. The van der Waals surface area contributed by atoms with Crippen LogP contribution in [0.3, 0.4) is 0 Å². The Hall–Kier alpha value is -5.64. The number of hydrogen-bond acceptors (Lipinski definition) is 12. The van der Waals surface area contributed by atoms with Gasteiger partial charge in [0.2, 0.25) is 0 Å². The zero-order chi connectivity index (χ0) is 35.5. The smallest absolute Gasteiger partial charge is 0.265 e. The molecule has 5 aromatic rings. The van der Waals surface area contributed by atoms with Crippen molar-refractivity contribution >= 4 is 47.5 Å². The quantitative estimate of drug-likeness (QED) is 0.0907. The van der Waals surface area contributed by atoms with Crippen LogP contribution in [0.2, 0.25) is 0 Å². The summed E-state index contributed by atoms with van der Waals surface area (Å²) >= 11 is 0. The molecule has 0 radical (unpaired) electrons. The van der Waals surface area contributed by atoms with E-state index < -0.39 is 30.4 Å². The molecule has 0 aliphatic heterocycles. The van der Waals surface area contributed by atoms with Crippen LogP contribution in [0, 0.1) is 0 Å². The van der Waals surface area contributed by atoms with Crippen molar-refractivity contribution in [3.05, 3.63) is 163 Å². The molecular weight excluding hydrogens is 703 g/mol. The van der Waals surface area contributed by atoms with Gasteiger partial charge in [-0.05, 0) is 47.5 Å². The van der Waals surface area contributed by atoms with Crippen molar-refractivity contribution in [1.82, 2.24) is 0 Å². The van der Waals surface area contributed by atoms with E-state index >= 15 is 0 Å². The first-order chi connectivity index (χ1) is 24.0. The van der Waals surface area contributed by atoms with Crippen LogP contribution in [-0.2, 0) is 43.2 Å². The third-order valence-corrected chi connectivity index (χ3v) is 10.2. The highest BCUT2D eigenvalue weighted by molar-refractivity contribution is 7.87. The van der Waals surface area contributed by atoms with E-state index in [0.29, 0.717) is 11.1 Å². The number of benzene rings is 5. The van der Waals surface area contributed by atoms with E-state index in [9.17, 15) is 25.3 Å². The molecule has 15 heteroatoms. The summed E-state index contributed by atoms with van der Waals surface area (Å²) in [6, 6.07) is 38.8. The molecule has 5 aromatic carbocycles. The third kappa shape index (κ3) is 9.72. The van der Waals surface area contributed by atoms with E-state index in [2.05, 4.69) is 15.5 Å². The van der Waals surface area contributed by atoms with Crippen LogP contribution in [0.5, 0.6) is 0 Å². The Balaban J connectivity index is 1.57. The maximum atomic E-state index is 13.1. The third-order valence-electron chi connectivity index (χ3n) is 6.81. The van der Waals surface area contributed by atoms with Crippen LogP contribution in [0.1, 0.15) is 24.0 Å². The number of rotatable bonds is 15. The van der Waals surface area contributed by atoms with Gasteiger partial charge in [-0.2, -0.15) is 25.3 Å². The van der Waals surface area contributed by atoms with Gasteiger partial charge in [0.25, 0.3) is 0 Å². The summed E-state index contributed by atoms with van der Waals surface area (Å²) in [5.74, 6) is 0. The van der Waals surface area contributed by atoms with Crippen LogP contribution in [0.4, 0.5) is 0 Å². The van der Waals surface area contributed by atoms with Gasteiger partial charge in [0.15, 0.2) is 0 Å². The molecule has 0 N–H and O–H groups in total. The van der Waals surface area contributed by atoms with E-state index in [0.717, 1.165) is 0 Å². The topological polar surface area (TPSA) is 167 Å². The second-order valence-electron chi connectivity index (χ2n) is 10.3. The van der Waals surface area contributed by atoms with Crippen LogP contribution < -0.4 is 0 Å². The lowest BCUT2D eigenvalue weighted by Crippen LogP contribution is -2.18. The fourth-order valence-corrected chi connectivity index (χ4v) is 6.64. The lowest BCUT2D eigenvalue weighted by atomic mass is 9.99. The van der Waals surface area contributed by atoms with Crippen molar-refractivity contribution in [2.45, 2.75) is 27.5 Å². The predicted molar refractivity (Wildman–Crippen MR) is 187 cm³/mol. The maximum Gasteiger partial charge on any atom is 0.358 e. The van der Waals surface area contributed by atoms with Crippen LogP contribution >= 0.6 is 0 Å². The SMILES string of the molecule is O=S(=O)(ON=C(CC(=NOS(=O)(=O)c1ccccc1)c1ccccc1)CC(=NOS(=O)(=O)c1ccccc1)c1ccccc1)c1ccccc1. The summed E-state index contributed by atoms with van der Waals surface area (Å²) < 4.78 is 93.3. The van der Waals surface area contributed by atoms with Gasteiger partial charge in [0.05, 0.1) is 17.1 Å². The lowest BCUT2D eigenvalue weighted by molar-refractivity contribution is 0.335. The minimum absolute atomic E-state index is 0.0230. The van der Waals surface area contributed by atoms with E-state index in [1.807, 2.05) is 0 Å². The average Bonchev–Trinajstić information content (AvgIpc) is 3.15. The Morgan fingerprint density at radius 1 is 0.380 bits per heavy atom. The summed E-state index contributed by atoms with van der Waals surface area (Å²) in [5, 5.41) is 11.9. The molecule has 0 atom stereocenters. The monoisotopic (exact) mass is 731 g/mol. The molecule has 0 saturated heterocycles. The predicted octanol–water partition coefficient (Wildman–Crippen LogP) is 6.15. The molecule has 5 rings (SSSR count). The lowest BCUT2D eigenvalue weighted by Gasteiger charge is -2.12. The average molecular weight is 732 g/mol. The molecular formula is C35H29N3O9S3. The second-order valence-corrected chi connectivity index (χ2v) is 14.9. The highest BCUT2D eigenvalue weighted by Crippen LogP contribution is 2.19. The van der Waals surface area contributed by atoms with Gasteiger partial charge >= 0.3 is 30.4 Å². The molecule has 0 aromatic heterocycles. The van der Waals surface area contributed by atoms with Gasteiger partial charge in [-0.3, -0.25) is 12.9 Å². The number of nitrogens with zero attached hydrogens (tertiary/aromatic N) is 3. The molecule has 0 saturated carbocycles. The molecule has 0 unspecified atom stereocenters. The number of oxime groups is 3. The molecule has 0 aliphatic rings. The highest BCUT2D eigenvalue weighted by Gasteiger charge is 2.22. The fourth-order valence-electron chi connectivity index (χ4n) is 4.33. The first-order valence-electron chi connectivity index (χ1n) is 14.8. The van der Waals surface area contributed by atoms with E-state index in [4.69, 9.17) is 12.9 Å². The summed E-state index contributed by atoms with van der Waals surface area (Å²) in [5.41, 5.74) is 0.812. The van der Waals surface area contributed by atoms with Crippen LogP contribution in [0.15, 0.2) is 182 Å². The van der Waals surface area contributed by atoms with Crippen molar-refractivity contribution < 1.29 is 38.1 Å². The minimum Gasteiger partial charge on any atom is -0.265 e. The van der Waals surface area contributed by atoms with Crippen LogP contribution in [0.25, 0.3) is 0 Å². The van der Waals surface area contributed by atoms with Crippen molar-refractivity contribution in [2.24, 2.45) is 15.5 Å². The Morgan fingerprint density at radius 2 is 0.640 bits per heavy atom. The first-order valence-corrected chi connectivity index (χ1v) is 19.0. The van der Waals surface area contributed by atoms with Crippen molar-refractivity contribution in [2.75, 3.05) is 0 Å². The molecule has 256 valence electrons. The van der Waals surface area contributed by atoms with Gasteiger partial charge in [-0.1, -0.05) is 131 Å². The van der Waals surface area contributed by atoms with Crippen molar-refractivity contribution in [1.29, 1.82) is 0 Å². The standard InChI is InChI=1S/C35H29N3O9S3/c39-48(40,31-20-10-3-11-21-31)45-36-30(26-34(28-16-6-1-7-17-28)37-46-49(41,42)32-22-12-4-13-23-32)27-35(29-18-8-2-9-19-29)38-47-50(43,44)33-24-14-5-15-25-33/h1-25H,26-27H2. The number of hydrogen-bond donors (Lipinski definition) is 0. The zero-order valence-corrected chi connectivity index (χ0v) is 28.5. The Bertz CT molecular complexity index is 2180. The Labute approximate surface area is 290 Å². The van der Waals surface area contributed by atoms with E-state index in [-0.39, 0.29) is 44.7 Å². The maximum absolute atomic E-state index is 13.1. The molecule has 0 aliphatic carbocycles. The van der Waals surface area contributed by atoms with Crippen molar-refractivity contribution in [3.63, 3.8) is 0 Å². The molecule has 50 heavy (non-hydrogen) atoms. The van der Waals surface area contributed by atoms with E-state index in [1.54, 1.807) is 78.9 Å². The molecule has 0 amide bonds. The molecule has 0 heterocycles. The molecule has 0 bridgehead atoms. The van der Waals surface area contributed by atoms with Gasteiger partial charge in [-0.25, -0.2) is 0 Å². The van der Waals surface area contributed by atoms with Gasteiger partial charge in [-0.15, -0.1) is 0 Å². The van der Waals surface area contributed by atoms with E-state index in [1.165, 1.54) is 72.8 Å². The Morgan fingerprint density at radius 3 is 0.940 bits per heavy atom. The van der Waals surface area contributed by atoms with Gasteiger partial charge in [0, 0.05) is 12.8 Å². The van der Waals surface area contributed by atoms with Gasteiger partial charge < -0.3 is 0 Å². The molecule has 0 fully saturated rings. The normalized spacial score (nSPS) is 12.5. The second kappa shape index (κ2) is 16.2. The zero-order valence-electron chi connectivity index (χ0n) is 26.1. The summed E-state index contributed by atoms with van der Waals surface area (Å²) in [4.78, 5) is -0.457. The minimum atomic E-state index is -4.42. The van der Waals surface area contributed by atoms with Crippen molar-refractivity contribution in [3.8, 4) is 0 Å². The summed E-state index contributed by atoms with van der Waals surface area (Å²) in [6.07, 6.45) is -0.675. The first kappa shape index (κ1) is 35.7. The fraction of sp³-hybridized carbons (Fsp3) is 0.0571.